The lowest BCUT2D eigenvalue weighted by Gasteiger charge is -2.39. The number of rotatable bonds is 12. The van der Waals surface area contributed by atoms with Crippen LogP contribution in [0.1, 0.15) is 61.3 Å². The molecule has 1 fully saturated rings. The van der Waals surface area contributed by atoms with Gasteiger partial charge >= 0.3 is 12.1 Å². The Morgan fingerprint density at radius 3 is 2.60 bits per heavy atom. The number of likely N-dealkylation sites (tertiary alicyclic amines) is 1. The van der Waals surface area contributed by atoms with Crippen molar-refractivity contribution in [2.24, 2.45) is 11.8 Å². The van der Waals surface area contributed by atoms with Crippen LogP contribution in [-0.2, 0) is 17.4 Å². The van der Waals surface area contributed by atoms with Gasteiger partial charge in [-0.2, -0.15) is 13.2 Å². The quantitative estimate of drug-likeness (QED) is 0.264. The normalized spacial score (nSPS) is 19.0. The molecule has 1 saturated heterocycles. The zero-order chi connectivity index (χ0) is 28.7. The minimum absolute atomic E-state index is 0.109. The molecule has 9 heteroatoms. The third-order valence-electron chi connectivity index (χ3n) is 8.08. The first kappa shape index (κ1) is 29.8. The van der Waals surface area contributed by atoms with Gasteiger partial charge in [-0.15, -0.1) is 0 Å². The third kappa shape index (κ3) is 7.95. The molecule has 1 unspecified atom stereocenters. The van der Waals surface area contributed by atoms with Crippen LogP contribution in [0.5, 0.6) is 5.75 Å². The molecule has 0 amide bonds. The molecule has 2 N–H and O–H groups in total. The van der Waals surface area contributed by atoms with Gasteiger partial charge in [0.05, 0.1) is 24.3 Å². The number of aliphatic hydroxyl groups is 1. The second-order valence-corrected chi connectivity index (χ2v) is 10.7. The monoisotopic (exact) mass is 558 g/mol. The summed E-state index contributed by atoms with van der Waals surface area (Å²) in [5.74, 6) is 0.406. The molecule has 0 spiro atoms. The van der Waals surface area contributed by atoms with E-state index in [9.17, 15) is 28.2 Å². The number of alkyl halides is 3. The molecule has 0 saturated carbocycles. The summed E-state index contributed by atoms with van der Waals surface area (Å²) in [6.45, 7) is 2.48. The number of pyridine rings is 1. The van der Waals surface area contributed by atoms with Crippen molar-refractivity contribution in [1.29, 1.82) is 0 Å². The van der Waals surface area contributed by atoms with Gasteiger partial charge in [-0.3, -0.25) is 9.78 Å². The number of hydrogen-bond donors (Lipinski definition) is 2. The van der Waals surface area contributed by atoms with Crippen LogP contribution in [0, 0.1) is 11.8 Å². The van der Waals surface area contributed by atoms with Crippen molar-refractivity contribution < 1.29 is 32.9 Å². The van der Waals surface area contributed by atoms with E-state index in [4.69, 9.17) is 4.74 Å². The Kier molecular flexibility index (Phi) is 10.0. The fraction of sp³-hybridized carbons (Fsp3) is 0.484. The van der Waals surface area contributed by atoms with E-state index in [-0.39, 0.29) is 12.3 Å². The van der Waals surface area contributed by atoms with Crippen molar-refractivity contribution in [3.8, 4) is 5.75 Å². The van der Waals surface area contributed by atoms with E-state index >= 15 is 0 Å². The fourth-order valence-corrected chi connectivity index (χ4v) is 5.83. The van der Waals surface area contributed by atoms with Gasteiger partial charge in [0.25, 0.3) is 0 Å². The van der Waals surface area contributed by atoms with Crippen molar-refractivity contribution in [2.45, 2.75) is 57.2 Å². The minimum Gasteiger partial charge on any atom is -0.497 e. The molecule has 0 radical (unpaired) electrons. The smallest absolute Gasteiger partial charge is 0.416 e. The molecule has 40 heavy (non-hydrogen) atoms. The number of halogens is 3. The lowest BCUT2D eigenvalue weighted by Crippen LogP contribution is -2.41. The standard InChI is InChI=1S/C31H37F3N2O4/c1-40-25-10-11-28-27(19-25)26(14-16-35-28)29(37)12-6-22-15-18-36(20-23(22)7-13-30(38)39)17-2-3-21-4-8-24(9-5-21)31(32,33)34/h4-5,8-11,14,16,19,22-23,29,37H,2-3,6-7,12-13,15,17-18,20H2,1H3,(H,38,39)/t22-,23+,29?/m1/s1. The molecule has 2 aromatic carbocycles. The highest BCUT2D eigenvalue weighted by atomic mass is 19.4. The second kappa shape index (κ2) is 13.5. The Bertz CT molecular complexity index is 1270. The van der Waals surface area contributed by atoms with Crippen molar-refractivity contribution >= 4 is 16.9 Å². The van der Waals surface area contributed by atoms with Gasteiger partial charge in [0.15, 0.2) is 0 Å². The van der Waals surface area contributed by atoms with Crippen LogP contribution < -0.4 is 4.74 Å². The molecule has 1 aliphatic rings. The molecule has 0 bridgehead atoms. The Hall–Kier alpha value is -3.17. The summed E-state index contributed by atoms with van der Waals surface area (Å²) >= 11 is 0. The Balaban J connectivity index is 1.33. The predicted octanol–water partition coefficient (Wildman–Crippen LogP) is 6.51. The highest BCUT2D eigenvalue weighted by Crippen LogP contribution is 2.35. The first-order chi connectivity index (χ1) is 19.1. The maximum absolute atomic E-state index is 12.8. The van der Waals surface area contributed by atoms with E-state index in [2.05, 4.69) is 9.88 Å². The summed E-state index contributed by atoms with van der Waals surface area (Å²) in [6.07, 6.45) is 1.18. The van der Waals surface area contributed by atoms with Crippen LogP contribution in [0.2, 0.25) is 0 Å². The fourth-order valence-electron chi connectivity index (χ4n) is 5.83. The first-order valence-corrected chi connectivity index (χ1v) is 13.8. The average Bonchev–Trinajstić information content (AvgIpc) is 2.94. The van der Waals surface area contributed by atoms with Crippen LogP contribution in [0.3, 0.4) is 0 Å². The summed E-state index contributed by atoms with van der Waals surface area (Å²) in [6, 6.07) is 12.8. The van der Waals surface area contributed by atoms with Crippen molar-refractivity contribution in [3.05, 3.63) is 71.4 Å². The zero-order valence-corrected chi connectivity index (χ0v) is 22.7. The molecule has 3 atom stereocenters. The number of aliphatic hydroxyl groups excluding tert-OH is 1. The predicted molar refractivity (Wildman–Crippen MR) is 147 cm³/mol. The summed E-state index contributed by atoms with van der Waals surface area (Å²) in [4.78, 5) is 18.1. The Morgan fingerprint density at radius 2 is 1.90 bits per heavy atom. The van der Waals surface area contributed by atoms with Gasteiger partial charge in [-0.1, -0.05) is 12.1 Å². The van der Waals surface area contributed by atoms with Gasteiger partial charge in [-0.25, -0.2) is 0 Å². The molecule has 3 aromatic rings. The largest absolute Gasteiger partial charge is 0.497 e. The second-order valence-electron chi connectivity index (χ2n) is 10.7. The zero-order valence-electron chi connectivity index (χ0n) is 22.7. The van der Waals surface area contributed by atoms with Crippen LogP contribution >= 0.6 is 0 Å². The van der Waals surface area contributed by atoms with Crippen LogP contribution in [0.4, 0.5) is 13.2 Å². The molecular weight excluding hydrogens is 521 g/mol. The van der Waals surface area contributed by atoms with Crippen molar-refractivity contribution in [1.82, 2.24) is 9.88 Å². The van der Waals surface area contributed by atoms with Crippen molar-refractivity contribution in [3.63, 3.8) is 0 Å². The maximum atomic E-state index is 12.8. The van der Waals surface area contributed by atoms with Gasteiger partial charge in [0, 0.05) is 24.5 Å². The number of aromatic nitrogens is 1. The highest BCUT2D eigenvalue weighted by molar-refractivity contribution is 5.83. The molecule has 1 aromatic heterocycles. The van der Waals surface area contributed by atoms with Gasteiger partial charge < -0.3 is 19.8 Å². The number of methoxy groups -OCH3 is 1. The van der Waals surface area contributed by atoms with Crippen molar-refractivity contribution in [2.75, 3.05) is 26.7 Å². The van der Waals surface area contributed by atoms with E-state index in [1.807, 2.05) is 24.3 Å². The van der Waals surface area contributed by atoms with E-state index in [0.29, 0.717) is 30.9 Å². The summed E-state index contributed by atoms with van der Waals surface area (Å²) < 4.78 is 43.8. The number of hydrogen-bond acceptors (Lipinski definition) is 5. The summed E-state index contributed by atoms with van der Waals surface area (Å²) in [5, 5.41) is 21.3. The molecule has 2 heterocycles. The highest BCUT2D eigenvalue weighted by Gasteiger charge is 2.31. The van der Waals surface area contributed by atoms with E-state index in [1.54, 1.807) is 13.3 Å². The lowest BCUT2D eigenvalue weighted by atomic mass is 9.79. The van der Waals surface area contributed by atoms with Crippen LogP contribution in [0.15, 0.2) is 54.7 Å². The molecule has 4 rings (SSSR count). The number of carboxylic acid groups (broad SMARTS) is 1. The topological polar surface area (TPSA) is 82.9 Å². The maximum Gasteiger partial charge on any atom is 0.416 e. The number of aryl methyl sites for hydroxylation is 1. The Labute approximate surface area is 232 Å². The molecule has 216 valence electrons. The van der Waals surface area contributed by atoms with Crippen LogP contribution in [0.25, 0.3) is 10.9 Å². The van der Waals surface area contributed by atoms with E-state index in [0.717, 1.165) is 73.1 Å². The van der Waals surface area contributed by atoms with E-state index < -0.39 is 23.8 Å². The summed E-state index contributed by atoms with van der Waals surface area (Å²) in [5.41, 5.74) is 1.84. The number of aliphatic carboxylic acids is 1. The lowest BCUT2D eigenvalue weighted by molar-refractivity contribution is -0.138. The number of nitrogens with zero attached hydrogens (tertiary/aromatic N) is 2. The molecular formula is C31H37F3N2O4. The SMILES string of the molecule is COc1ccc2nccc(C(O)CC[C@@H]3CCN(CCCc4ccc(C(F)(F)F)cc4)C[C@@H]3CCC(=O)O)c2c1. The number of piperidine rings is 1. The van der Waals surface area contributed by atoms with Gasteiger partial charge in [-0.05, 0) is 111 Å². The van der Waals surface area contributed by atoms with E-state index in [1.165, 1.54) is 12.1 Å². The number of ether oxygens (including phenoxy) is 1. The minimum atomic E-state index is -4.33. The molecule has 6 nitrogen and oxygen atoms in total. The summed E-state index contributed by atoms with van der Waals surface area (Å²) in [7, 11) is 1.60. The van der Waals surface area contributed by atoms with Crippen LogP contribution in [-0.4, -0.2) is 52.8 Å². The number of benzene rings is 2. The Morgan fingerprint density at radius 1 is 1.12 bits per heavy atom. The van der Waals surface area contributed by atoms with Gasteiger partial charge in [0.2, 0.25) is 0 Å². The number of carboxylic acids is 1. The molecule has 1 aliphatic heterocycles. The number of carbonyl (C=O) groups is 1. The van der Waals surface area contributed by atoms with Gasteiger partial charge in [0.1, 0.15) is 5.75 Å². The first-order valence-electron chi connectivity index (χ1n) is 13.8. The third-order valence-corrected chi connectivity index (χ3v) is 8.08. The molecule has 0 aliphatic carbocycles. The average molecular weight is 559 g/mol. The number of fused-ring (bicyclic) bond motifs is 1.